The second-order valence-corrected chi connectivity index (χ2v) is 1.50. The molecule has 0 aliphatic carbocycles. The summed E-state index contributed by atoms with van der Waals surface area (Å²) < 4.78 is 5.04. The fourth-order valence-electron chi connectivity index (χ4n) is 0.333. The van der Waals surface area contributed by atoms with E-state index in [4.69, 9.17) is 4.65 Å². The van der Waals surface area contributed by atoms with Crippen molar-refractivity contribution in [2.24, 2.45) is 0 Å². The molecule has 0 aromatic heterocycles. The fraction of sp³-hybridized carbons (Fsp3) is 1.00. The molecule has 0 aliphatic heterocycles. The standard InChI is InChI=1S/C4H11BO/c1-4-6-5(2)3/h4H2,1-3H3. The maximum absolute atomic E-state index is 5.04. The van der Waals surface area contributed by atoms with Crippen LogP contribution in [0.5, 0.6) is 0 Å². The quantitative estimate of drug-likeness (QED) is 0.460. The Morgan fingerprint density at radius 2 is 2.00 bits per heavy atom. The largest absolute Gasteiger partial charge is 0.437 e. The minimum Gasteiger partial charge on any atom is -0.437 e. The Hall–Kier alpha value is 0.0249. The molecule has 0 aliphatic rings. The zero-order chi connectivity index (χ0) is 4.99. The summed E-state index contributed by atoms with van der Waals surface area (Å²) in [7, 11) is 0. The third kappa shape index (κ3) is 4.02. The molecule has 0 unspecified atom stereocenters. The smallest absolute Gasteiger partial charge is 0.286 e. The van der Waals surface area contributed by atoms with E-state index in [1.54, 1.807) is 0 Å². The van der Waals surface area contributed by atoms with Gasteiger partial charge < -0.3 is 4.65 Å². The maximum Gasteiger partial charge on any atom is 0.286 e. The highest BCUT2D eigenvalue weighted by atomic mass is 16.4. The highest BCUT2D eigenvalue weighted by Crippen LogP contribution is 1.79. The Morgan fingerprint density at radius 1 is 1.50 bits per heavy atom. The zero-order valence-electron chi connectivity index (χ0n) is 4.69. The van der Waals surface area contributed by atoms with Gasteiger partial charge >= 0.3 is 0 Å². The minimum atomic E-state index is 0.398. The summed E-state index contributed by atoms with van der Waals surface area (Å²) in [4.78, 5) is 0. The Kier molecular flexibility index (Phi) is 3.24. The van der Waals surface area contributed by atoms with Crippen LogP contribution in [0.2, 0.25) is 13.6 Å². The second-order valence-electron chi connectivity index (χ2n) is 1.50. The number of hydrogen-bond donors (Lipinski definition) is 0. The lowest BCUT2D eigenvalue weighted by Crippen LogP contribution is -2.05. The van der Waals surface area contributed by atoms with Crippen molar-refractivity contribution in [2.45, 2.75) is 20.6 Å². The van der Waals surface area contributed by atoms with Crippen molar-refractivity contribution in [3.63, 3.8) is 0 Å². The SMILES string of the molecule is CCOB(C)C. The Bertz CT molecular complexity index is 28.7. The molecule has 0 aromatic carbocycles. The lowest BCUT2D eigenvalue weighted by Gasteiger charge is -1.96. The summed E-state index contributed by atoms with van der Waals surface area (Å²) in [5, 5.41) is 0. The Labute approximate surface area is 39.8 Å². The van der Waals surface area contributed by atoms with Crippen LogP contribution in [0.4, 0.5) is 0 Å². The van der Waals surface area contributed by atoms with Crippen molar-refractivity contribution >= 4 is 6.92 Å². The van der Waals surface area contributed by atoms with Gasteiger partial charge in [0.05, 0.1) is 0 Å². The number of rotatable bonds is 2. The summed E-state index contributed by atoms with van der Waals surface area (Å²) in [6.07, 6.45) is 0. The molecule has 6 heavy (non-hydrogen) atoms. The highest BCUT2D eigenvalue weighted by Gasteiger charge is 1.92. The Balaban J connectivity index is 2.63. The van der Waals surface area contributed by atoms with Gasteiger partial charge in [-0.05, 0) is 6.92 Å². The van der Waals surface area contributed by atoms with Crippen molar-refractivity contribution in [1.82, 2.24) is 0 Å². The van der Waals surface area contributed by atoms with Crippen LogP contribution in [0, 0.1) is 0 Å². The van der Waals surface area contributed by atoms with Gasteiger partial charge in [-0.2, -0.15) is 0 Å². The van der Waals surface area contributed by atoms with Crippen molar-refractivity contribution in [2.75, 3.05) is 6.61 Å². The molecule has 0 aromatic rings. The molecule has 0 radical (unpaired) electrons. The molecule has 0 rings (SSSR count). The van der Waals surface area contributed by atoms with Gasteiger partial charge in [0.2, 0.25) is 0 Å². The first-order valence-electron chi connectivity index (χ1n) is 2.39. The van der Waals surface area contributed by atoms with Crippen LogP contribution in [0.1, 0.15) is 6.92 Å². The van der Waals surface area contributed by atoms with Gasteiger partial charge in [-0.3, -0.25) is 0 Å². The summed E-state index contributed by atoms with van der Waals surface area (Å²) in [6, 6.07) is 0. The molecule has 0 spiro atoms. The van der Waals surface area contributed by atoms with Gasteiger partial charge in [0, 0.05) is 6.61 Å². The van der Waals surface area contributed by atoms with E-state index in [0.29, 0.717) is 6.92 Å². The highest BCUT2D eigenvalue weighted by molar-refractivity contribution is 6.48. The molecule has 0 saturated carbocycles. The van der Waals surface area contributed by atoms with Crippen molar-refractivity contribution in [1.29, 1.82) is 0 Å². The van der Waals surface area contributed by atoms with Crippen molar-refractivity contribution in [3.8, 4) is 0 Å². The molecule has 0 atom stereocenters. The molecule has 2 heteroatoms. The maximum atomic E-state index is 5.04. The van der Waals surface area contributed by atoms with E-state index in [9.17, 15) is 0 Å². The van der Waals surface area contributed by atoms with Crippen LogP contribution in [0.15, 0.2) is 0 Å². The van der Waals surface area contributed by atoms with E-state index in [1.807, 2.05) is 20.6 Å². The van der Waals surface area contributed by atoms with E-state index >= 15 is 0 Å². The molecule has 36 valence electrons. The van der Waals surface area contributed by atoms with E-state index in [0.717, 1.165) is 6.61 Å². The molecular weight excluding hydrogens is 74.9 g/mol. The van der Waals surface area contributed by atoms with Gasteiger partial charge in [0.25, 0.3) is 6.92 Å². The monoisotopic (exact) mass is 86.1 g/mol. The molecule has 0 saturated heterocycles. The molecule has 0 amide bonds. The average molecular weight is 85.9 g/mol. The first-order valence-corrected chi connectivity index (χ1v) is 2.39. The lowest BCUT2D eigenvalue weighted by atomic mass is 9.75. The van der Waals surface area contributed by atoms with Crippen LogP contribution in [-0.2, 0) is 4.65 Å². The summed E-state index contributed by atoms with van der Waals surface area (Å²) >= 11 is 0. The van der Waals surface area contributed by atoms with Gasteiger partial charge in [-0.25, -0.2) is 0 Å². The first-order chi connectivity index (χ1) is 2.77. The van der Waals surface area contributed by atoms with Crippen LogP contribution in [0.25, 0.3) is 0 Å². The second kappa shape index (κ2) is 3.22. The summed E-state index contributed by atoms with van der Waals surface area (Å²) in [5.74, 6) is 0. The minimum absolute atomic E-state index is 0.398. The van der Waals surface area contributed by atoms with Gasteiger partial charge in [0.1, 0.15) is 0 Å². The summed E-state index contributed by atoms with van der Waals surface area (Å²) in [6.45, 7) is 7.29. The van der Waals surface area contributed by atoms with Gasteiger partial charge in [-0.1, -0.05) is 13.6 Å². The van der Waals surface area contributed by atoms with Crippen LogP contribution < -0.4 is 0 Å². The van der Waals surface area contributed by atoms with Crippen molar-refractivity contribution < 1.29 is 4.65 Å². The molecular formula is C4H11BO. The van der Waals surface area contributed by atoms with E-state index < -0.39 is 0 Å². The number of hydrogen-bond acceptors (Lipinski definition) is 1. The van der Waals surface area contributed by atoms with Gasteiger partial charge in [-0.15, -0.1) is 0 Å². The van der Waals surface area contributed by atoms with E-state index in [1.165, 1.54) is 0 Å². The van der Waals surface area contributed by atoms with Crippen LogP contribution in [0.3, 0.4) is 0 Å². The molecule has 0 fully saturated rings. The normalized spacial score (nSPS) is 8.50. The van der Waals surface area contributed by atoms with E-state index in [2.05, 4.69) is 0 Å². The van der Waals surface area contributed by atoms with Gasteiger partial charge in [0.15, 0.2) is 0 Å². The van der Waals surface area contributed by atoms with Crippen molar-refractivity contribution in [3.05, 3.63) is 0 Å². The fourth-order valence-corrected chi connectivity index (χ4v) is 0.333. The molecule has 0 bridgehead atoms. The average Bonchev–Trinajstić information content (AvgIpc) is 1.35. The predicted molar refractivity (Wildman–Crippen MR) is 29.1 cm³/mol. The van der Waals surface area contributed by atoms with Crippen LogP contribution in [-0.4, -0.2) is 13.5 Å². The third-order valence-electron chi connectivity index (χ3n) is 0.500. The Morgan fingerprint density at radius 3 is 2.00 bits per heavy atom. The first kappa shape index (κ1) is 6.02. The molecule has 1 nitrogen and oxygen atoms in total. The molecule has 0 N–H and O–H groups in total. The van der Waals surface area contributed by atoms with E-state index in [-0.39, 0.29) is 0 Å². The topological polar surface area (TPSA) is 9.23 Å². The predicted octanol–water partition coefficient (Wildman–Crippen LogP) is 1.27. The zero-order valence-corrected chi connectivity index (χ0v) is 4.69. The van der Waals surface area contributed by atoms with Crippen LogP contribution >= 0.6 is 0 Å². The lowest BCUT2D eigenvalue weighted by molar-refractivity contribution is 0.350. The third-order valence-corrected chi connectivity index (χ3v) is 0.500. The summed E-state index contributed by atoms with van der Waals surface area (Å²) in [5.41, 5.74) is 0. The molecule has 0 heterocycles.